The number of ether oxygens (including phenoxy) is 2. The number of carbonyl (C=O) groups is 1. The summed E-state index contributed by atoms with van der Waals surface area (Å²) in [6.45, 7) is 4.10. The number of nitrogens with zero attached hydrogens (tertiary/aromatic N) is 2. The van der Waals surface area contributed by atoms with Crippen molar-refractivity contribution < 1.29 is 14.3 Å². The Balaban J connectivity index is 1.37. The number of carbonyl (C=O) groups excluding carboxylic acids is 1. The average Bonchev–Trinajstić information content (AvgIpc) is 3.36. The molecule has 1 aliphatic heterocycles. The molecule has 5 rings (SSSR count). The van der Waals surface area contributed by atoms with Gasteiger partial charge < -0.3 is 14.8 Å². The lowest BCUT2D eigenvalue weighted by Crippen LogP contribution is -2.30. The van der Waals surface area contributed by atoms with Gasteiger partial charge >= 0.3 is 0 Å². The van der Waals surface area contributed by atoms with Gasteiger partial charge in [0, 0.05) is 0 Å². The minimum Gasteiger partial charge on any atom is -0.454 e. The molecule has 4 aromatic rings. The molecule has 1 aromatic heterocycles. The fourth-order valence-electron chi connectivity index (χ4n) is 4.13. The third-order valence-electron chi connectivity index (χ3n) is 6.05. The third kappa shape index (κ3) is 4.74. The van der Waals surface area contributed by atoms with Gasteiger partial charge in [0.25, 0.3) is 5.56 Å². The quantitative estimate of drug-likeness (QED) is 0.301. The number of benzene rings is 3. The number of thioether (sulfide) groups is 1. The average molecular weight is 488 g/mol. The van der Waals surface area contributed by atoms with Crippen LogP contribution in [0, 0.1) is 0 Å². The van der Waals surface area contributed by atoms with Crippen LogP contribution in [0.5, 0.6) is 11.5 Å². The van der Waals surface area contributed by atoms with E-state index in [1.165, 1.54) is 11.8 Å². The Morgan fingerprint density at radius 2 is 1.74 bits per heavy atom. The van der Waals surface area contributed by atoms with E-state index in [4.69, 9.17) is 14.5 Å². The van der Waals surface area contributed by atoms with Crippen molar-refractivity contribution >= 4 is 28.6 Å². The zero-order valence-electron chi connectivity index (χ0n) is 19.4. The number of amides is 1. The lowest BCUT2D eigenvalue weighted by atomic mass is 10.1. The summed E-state index contributed by atoms with van der Waals surface area (Å²) >= 11 is 1.26. The van der Waals surface area contributed by atoms with Crippen LogP contribution in [0.2, 0.25) is 0 Å². The van der Waals surface area contributed by atoms with Crippen LogP contribution in [0.3, 0.4) is 0 Å². The molecule has 0 aliphatic carbocycles. The predicted molar refractivity (Wildman–Crippen MR) is 136 cm³/mol. The van der Waals surface area contributed by atoms with Gasteiger partial charge in [0.05, 0.1) is 28.7 Å². The van der Waals surface area contributed by atoms with Crippen LogP contribution in [0.1, 0.15) is 37.1 Å². The minimum absolute atomic E-state index is 0.122. The van der Waals surface area contributed by atoms with Gasteiger partial charge in [-0.1, -0.05) is 60.3 Å². The Hall–Kier alpha value is -3.78. The zero-order chi connectivity index (χ0) is 24.4. The maximum absolute atomic E-state index is 13.5. The van der Waals surface area contributed by atoms with E-state index in [1.807, 2.05) is 80.6 Å². The first-order valence-corrected chi connectivity index (χ1v) is 12.4. The molecule has 7 nitrogen and oxygen atoms in total. The van der Waals surface area contributed by atoms with Crippen molar-refractivity contribution in [1.29, 1.82) is 0 Å². The van der Waals surface area contributed by atoms with Crippen molar-refractivity contribution in [2.24, 2.45) is 0 Å². The van der Waals surface area contributed by atoms with Gasteiger partial charge in [-0.15, -0.1) is 0 Å². The predicted octanol–water partition coefficient (Wildman–Crippen LogP) is 4.70. The summed E-state index contributed by atoms with van der Waals surface area (Å²) < 4.78 is 12.5. The van der Waals surface area contributed by atoms with Crippen LogP contribution in [0.4, 0.5) is 0 Å². The highest BCUT2D eigenvalue weighted by molar-refractivity contribution is 7.99. The van der Waals surface area contributed by atoms with Gasteiger partial charge in [-0.05, 0) is 49.2 Å². The normalized spacial score (nSPS) is 14.0. The molecule has 0 spiro atoms. The second-order valence-corrected chi connectivity index (χ2v) is 9.31. The standard InChI is InChI=1S/C27H25N3O4S/c1-17(20-12-13-23-24(14-20)34-16-33-23)28-25(31)15-35-27-29-22-11-7-6-10-21(22)26(32)30(27)18(2)19-8-4-3-5-9-19/h3-14,17-18H,15-16H2,1-2H3,(H,28,31)/t17-,18-/m0/s1. The molecule has 1 aliphatic rings. The number of hydrogen-bond acceptors (Lipinski definition) is 6. The fourth-order valence-corrected chi connectivity index (χ4v) is 5.02. The molecule has 1 amide bonds. The largest absolute Gasteiger partial charge is 0.454 e. The summed E-state index contributed by atoms with van der Waals surface area (Å²) in [4.78, 5) is 31.0. The molecule has 35 heavy (non-hydrogen) atoms. The number of aromatic nitrogens is 2. The second-order valence-electron chi connectivity index (χ2n) is 8.36. The molecule has 2 atom stereocenters. The van der Waals surface area contributed by atoms with Crippen molar-refractivity contribution in [3.63, 3.8) is 0 Å². The summed E-state index contributed by atoms with van der Waals surface area (Å²) in [6.07, 6.45) is 0. The van der Waals surface area contributed by atoms with Crippen LogP contribution in [-0.2, 0) is 4.79 Å². The Morgan fingerprint density at radius 1 is 1.00 bits per heavy atom. The van der Waals surface area contributed by atoms with Crippen molar-refractivity contribution in [3.8, 4) is 11.5 Å². The number of fused-ring (bicyclic) bond motifs is 2. The SMILES string of the molecule is C[C@H](NC(=O)CSc1nc2ccccc2c(=O)n1[C@@H](C)c1ccccc1)c1ccc2c(c1)OCO2. The molecular formula is C27H25N3O4S. The van der Waals surface area contributed by atoms with E-state index in [0.29, 0.717) is 27.6 Å². The smallest absolute Gasteiger partial charge is 0.262 e. The monoisotopic (exact) mass is 487 g/mol. The van der Waals surface area contributed by atoms with E-state index in [1.54, 1.807) is 10.6 Å². The zero-order valence-corrected chi connectivity index (χ0v) is 20.2. The van der Waals surface area contributed by atoms with Crippen molar-refractivity contribution in [2.75, 3.05) is 12.5 Å². The maximum atomic E-state index is 13.5. The van der Waals surface area contributed by atoms with E-state index >= 15 is 0 Å². The van der Waals surface area contributed by atoms with Crippen LogP contribution < -0.4 is 20.3 Å². The molecule has 0 radical (unpaired) electrons. The molecule has 0 unspecified atom stereocenters. The van der Waals surface area contributed by atoms with E-state index in [-0.39, 0.29) is 36.1 Å². The topological polar surface area (TPSA) is 82.5 Å². The molecule has 0 saturated heterocycles. The van der Waals surface area contributed by atoms with Gasteiger partial charge in [-0.3, -0.25) is 14.2 Å². The second kappa shape index (κ2) is 9.84. The first-order valence-electron chi connectivity index (χ1n) is 11.4. The summed E-state index contributed by atoms with van der Waals surface area (Å²) in [5, 5.41) is 4.08. The highest BCUT2D eigenvalue weighted by atomic mass is 32.2. The highest BCUT2D eigenvalue weighted by Crippen LogP contribution is 2.34. The Morgan fingerprint density at radius 3 is 2.57 bits per heavy atom. The Kier molecular flexibility index (Phi) is 6.46. The number of para-hydroxylation sites is 1. The maximum Gasteiger partial charge on any atom is 0.262 e. The number of rotatable bonds is 7. The van der Waals surface area contributed by atoms with E-state index in [0.717, 1.165) is 11.1 Å². The van der Waals surface area contributed by atoms with Crippen LogP contribution in [-0.4, -0.2) is 28.0 Å². The molecule has 2 heterocycles. The van der Waals surface area contributed by atoms with Gasteiger partial charge in [0.1, 0.15) is 0 Å². The van der Waals surface area contributed by atoms with E-state index in [2.05, 4.69) is 5.32 Å². The first-order chi connectivity index (χ1) is 17.0. The fraction of sp³-hybridized carbons (Fsp3) is 0.222. The molecular weight excluding hydrogens is 462 g/mol. The lowest BCUT2D eigenvalue weighted by molar-refractivity contribution is -0.119. The molecule has 3 aromatic carbocycles. The molecule has 0 fully saturated rings. The van der Waals surface area contributed by atoms with Crippen molar-refractivity contribution in [3.05, 3.63) is 94.3 Å². The number of hydrogen-bond donors (Lipinski definition) is 1. The summed E-state index contributed by atoms with van der Waals surface area (Å²) in [6, 6.07) is 22.3. The van der Waals surface area contributed by atoms with E-state index < -0.39 is 0 Å². The van der Waals surface area contributed by atoms with Gasteiger partial charge in [0.15, 0.2) is 16.7 Å². The number of nitrogens with one attached hydrogen (secondary N) is 1. The van der Waals surface area contributed by atoms with Crippen LogP contribution in [0.15, 0.2) is 82.7 Å². The summed E-state index contributed by atoms with van der Waals surface area (Å²) in [5.41, 5.74) is 2.41. The van der Waals surface area contributed by atoms with E-state index in [9.17, 15) is 9.59 Å². The Labute approximate surface area is 207 Å². The van der Waals surface area contributed by atoms with Gasteiger partial charge in [-0.25, -0.2) is 4.98 Å². The molecule has 178 valence electrons. The molecule has 0 bridgehead atoms. The van der Waals surface area contributed by atoms with Crippen molar-refractivity contribution in [2.45, 2.75) is 31.1 Å². The third-order valence-corrected chi connectivity index (χ3v) is 7.00. The Bertz CT molecular complexity index is 1440. The molecule has 0 saturated carbocycles. The molecule has 1 N–H and O–H groups in total. The van der Waals surface area contributed by atoms with Gasteiger partial charge in [0.2, 0.25) is 12.7 Å². The van der Waals surface area contributed by atoms with Crippen LogP contribution in [0.25, 0.3) is 10.9 Å². The first kappa shape index (κ1) is 23.0. The summed E-state index contributed by atoms with van der Waals surface area (Å²) in [5.74, 6) is 1.36. The lowest BCUT2D eigenvalue weighted by Gasteiger charge is -2.20. The highest BCUT2D eigenvalue weighted by Gasteiger charge is 2.20. The van der Waals surface area contributed by atoms with Crippen LogP contribution >= 0.6 is 11.8 Å². The minimum atomic E-state index is -0.237. The van der Waals surface area contributed by atoms with Gasteiger partial charge in [-0.2, -0.15) is 0 Å². The van der Waals surface area contributed by atoms with Crippen molar-refractivity contribution in [1.82, 2.24) is 14.9 Å². The summed E-state index contributed by atoms with van der Waals surface area (Å²) in [7, 11) is 0. The molecule has 8 heteroatoms.